The third-order valence-electron chi connectivity index (χ3n) is 6.28. The fourth-order valence-electron chi connectivity index (χ4n) is 4.67. The summed E-state index contributed by atoms with van der Waals surface area (Å²) in [6.07, 6.45) is 4.53. The number of ether oxygens (including phenoxy) is 1. The van der Waals surface area contributed by atoms with Gasteiger partial charge in [0.1, 0.15) is 0 Å². The van der Waals surface area contributed by atoms with Gasteiger partial charge in [-0.15, -0.1) is 0 Å². The Balaban J connectivity index is 1.35. The van der Waals surface area contributed by atoms with Crippen molar-refractivity contribution in [1.29, 1.82) is 0 Å². The summed E-state index contributed by atoms with van der Waals surface area (Å²) in [6.45, 7) is 3.61. The lowest BCUT2D eigenvalue weighted by Crippen LogP contribution is -2.40. The summed E-state index contributed by atoms with van der Waals surface area (Å²) < 4.78 is 7.70. The molecule has 1 amide bonds. The van der Waals surface area contributed by atoms with Crippen LogP contribution in [-0.2, 0) is 11.3 Å². The van der Waals surface area contributed by atoms with Crippen LogP contribution in [0.15, 0.2) is 60.8 Å². The number of fused-ring (bicyclic) bond motifs is 1. The van der Waals surface area contributed by atoms with Crippen molar-refractivity contribution in [2.45, 2.75) is 25.3 Å². The van der Waals surface area contributed by atoms with Crippen LogP contribution in [0.2, 0.25) is 0 Å². The first kappa shape index (κ1) is 17.5. The molecule has 0 spiro atoms. The molecular weight excluding hydrogens is 348 g/mol. The molecule has 1 aromatic heterocycles. The average molecular weight is 374 g/mol. The molecule has 0 unspecified atom stereocenters. The number of carbonyl (C=O) groups excluding carboxylic acids is 1. The molecule has 4 nitrogen and oxygen atoms in total. The Morgan fingerprint density at radius 3 is 2.46 bits per heavy atom. The van der Waals surface area contributed by atoms with Crippen molar-refractivity contribution in [3.63, 3.8) is 0 Å². The third-order valence-corrected chi connectivity index (χ3v) is 6.28. The summed E-state index contributed by atoms with van der Waals surface area (Å²) in [5.74, 6) is 1.49. The van der Waals surface area contributed by atoms with E-state index in [2.05, 4.69) is 59.3 Å². The van der Waals surface area contributed by atoms with Crippen LogP contribution in [0.25, 0.3) is 10.9 Å². The lowest BCUT2D eigenvalue weighted by molar-refractivity contribution is 0.0304. The largest absolute Gasteiger partial charge is 0.378 e. The molecule has 5 rings (SSSR count). The van der Waals surface area contributed by atoms with E-state index in [-0.39, 0.29) is 5.91 Å². The molecule has 144 valence electrons. The van der Waals surface area contributed by atoms with Gasteiger partial charge in [-0.1, -0.05) is 48.5 Å². The van der Waals surface area contributed by atoms with E-state index >= 15 is 0 Å². The van der Waals surface area contributed by atoms with E-state index in [0.717, 1.165) is 17.5 Å². The minimum absolute atomic E-state index is 0.133. The quantitative estimate of drug-likeness (QED) is 0.682. The Morgan fingerprint density at radius 2 is 1.68 bits per heavy atom. The van der Waals surface area contributed by atoms with Crippen molar-refractivity contribution >= 4 is 16.8 Å². The van der Waals surface area contributed by atoms with Crippen LogP contribution in [0.1, 0.15) is 34.7 Å². The van der Waals surface area contributed by atoms with E-state index in [4.69, 9.17) is 4.74 Å². The minimum atomic E-state index is 0.133. The lowest BCUT2D eigenvalue weighted by Gasteiger charge is -2.36. The van der Waals surface area contributed by atoms with Crippen LogP contribution in [0.3, 0.4) is 0 Å². The van der Waals surface area contributed by atoms with E-state index in [1.807, 2.05) is 11.0 Å². The summed E-state index contributed by atoms with van der Waals surface area (Å²) in [5.41, 5.74) is 3.46. The standard InChI is InChI=1S/C24H26N2O2/c27-24(25-10-12-28-13-11-25)22-17-26(23-9-5-4-8-21(22)23)16-18-14-20(15-18)19-6-2-1-3-7-19/h1-9,17-18,20H,10-16H2. The Labute approximate surface area is 165 Å². The molecule has 28 heavy (non-hydrogen) atoms. The highest BCUT2D eigenvalue weighted by atomic mass is 16.5. The van der Waals surface area contributed by atoms with Gasteiger partial charge in [-0.25, -0.2) is 0 Å². The highest BCUT2D eigenvalue weighted by Gasteiger charge is 2.31. The van der Waals surface area contributed by atoms with Crippen LogP contribution in [-0.4, -0.2) is 41.7 Å². The highest BCUT2D eigenvalue weighted by molar-refractivity contribution is 6.07. The summed E-state index contributed by atoms with van der Waals surface area (Å²) >= 11 is 0. The molecule has 1 saturated heterocycles. The highest BCUT2D eigenvalue weighted by Crippen LogP contribution is 2.42. The molecule has 1 saturated carbocycles. The summed E-state index contributed by atoms with van der Waals surface area (Å²) in [6, 6.07) is 19.1. The maximum atomic E-state index is 13.1. The van der Waals surface area contributed by atoms with Gasteiger partial charge in [0, 0.05) is 36.7 Å². The van der Waals surface area contributed by atoms with Crippen LogP contribution in [0.4, 0.5) is 0 Å². The van der Waals surface area contributed by atoms with Crippen molar-refractivity contribution in [2.75, 3.05) is 26.3 Å². The van der Waals surface area contributed by atoms with Gasteiger partial charge in [-0.3, -0.25) is 4.79 Å². The first-order chi connectivity index (χ1) is 13.8. The molecule has 2 fully saturated rings. The number of carbonyl (C=O) groups is 1. The van der Waals surface area contributed by atoms with Gasteiger partial charge in [-0.05, 0) is 36.3 Å². The van der Waals surface area contributed by atoms with Gasteiger partial charge in [0.15, 0.2) is 0 Å². The zero-order valence-corrected chi connectivity index (χ0v) is 16.1. The predicted octanol–water partition coefficient (Wildman–Crippen LogP) is 4.31. The van der Waals surface area contributed by atoms with Gasteiger partial charge in [0.25, 0.3) is 5.91 Å². The van der Waals surface area contributed by atoms with Crippen molar-refractivity contribution in [2.24, 2.45) is 5.92 Å². The fraction of sp³-hybridized carbons (Fsp3) is 0.375. The number of hydrogen-bond acceptors (Lipinski definition) is 2. The van der Waals surface area contributed by atoms with Crippen molar-refractivity contribution in [1.82, 2.24) is 9.47 Å². The Bertz CT molecular complexity index is 967. The average Bonchev–Trinajstić information content (AvgIpc) is 3.10. The monoisotopic (exact) mass is 374 g/mol. The van der Waals surface area contributed by atoms with E-state index in [9.17, 15) is 4.79 Å². The molecule has 0 atom stereocenters. The van der Waals surface area contributed by atoms with E-state index in [0.29, 0.717) is 38.1 Å². The molecule has 0 N–H and O–H groups in total. The second-order valence-corrected chi connectivity index (χ2v) is 8.06. The van der Waals surface area contributed by atoms with Crippen LogP contribution in [0.5, 0.6) is 0 Å². The smallest absolute Gasteiger partial charge is 0.256 e. The zero-order valence-electron chi connectivity index (χ0n) is 16.1. The van der Waals surface area contributed by atoms with E-state index in [1.165, 1.54) is 23.9 Å². The molecule has 4 heteroatoms. The maximum Gasteiger partial charge on any atom is 0.256 e. The van der Waals surface area contributed by atoms with E-state index in [1.54, 1.807) is 0 Å². The third kappa shape index (κ3) is 3.22. The second kappa shape index (κ2) is 7.44. The number of nitrogens with zero attached hydrogens (tertiary/aromatic N) is 2. The second-order valence-electron chi connectivity index (χ2n) is 8.06. The fourth-order valence-corrected chi connectivity index (χ4v) is 4.67. The van der Waals surface area contributed by atoms with Gasteiger partial charge in [-0.2, -0.15) is 0 Å². The SMILES string of the molecule is O=C(c1cn(CC2CC(c3ccccc3)C2)c2ccccc12)N1CCOCC1. The Hall–Kier alpha value is -2.59. The normalized spacial score (nSPS) is 22.2. The van der Waals surface area contributed by atoms with Crippen molar-refractivity contribution in [3.05, 3.63) is 71.9 Å². The number of morpholine rings is 1. The number of para-hydroxylation sites is 1. The van der Waals surface area contributed by atoms with Gasteiger partial charge >= 0.3 is 0 Å². The van der Waals surface area contributed by atoms with Crippen LogP contribution >= 0.6 is 0 Å². The van der Waals surface area contributed by atoms with E-state index < -0.39 is 0 Å². The molecule has 0 radical (unpaired) electrons. The van der Waals surface area contributed by atoms with Crippen LogP contribution < -0.4 is 0 Å². The molecule has 1 aliphatic carbocycles. The number of rotatable bonds is 4. The Morgan fingerprint density at radius 1 is 0.964 bits per heavy atom. The first-order valence-corrected chi connectivity index (χ1v) is 10.3. The molecule has 0 bridgehead atoms. The first-order valence-electron chi connectivity index (χ1n) is 10.3. The summed E-state index contributed by atoms with van der Waals surface area (Å²) in [4.78, 5) is 15.0. The van der Waals surface area contributed by atoms with Gasteiger partial charge < -0.3 is 14.2 Å². The van der Waals surface area contributed by atoms with Gasteiger partial charge in [0.2, 0.25) is 0 Å². The lowest BCUT2D eigenvalue weighted by atomic mass is 9.71. The summed E-state index contributed by atoms with van der Waals surface area (Å²) in [7, 11) is 0. The predicted molar refractivity (Wildman–Crippen MR) is 111 cm³/mol. The topological polar surface area (TPSA) is 34.5 Å². The zero-order chi connectivity index (χ0) is 18.9. The molecule has 2 heterocycles. The van der Waals surface area contributed by atoms with Crippen molar-refractivity contribution in [3.8, 4) is 0 Å². The van der Waals surface area contributed by atoms with Gasteiger partial charge in [0.05, 0.1) is 18.8 Å². The minimum Gasteiger partial charge on any atom is -0.378 e. The molecule has 2 aromatic carbocycles. The molecular formula is C24H26N2O2. The molecule has 1 aliphatic heterocycles. The Kier molecular flexibility index (Phi) is 4.65. The summed E-state index contributed by atoms with van der Waals surface area (Å²) in [5, 5.41) is 1.07. The number of hydrogen-bond donors (Lipinski definition) is 0. The van der Waals surface area contributed by atoms with Crippen molar-refractivity contribution < 1.29 is 9.53 Å². The van der Waals surface area contributed by atoms with Crippen LogP contribution in [0, 0.1) is 5.92 Å². The number of benzene rings is 2. The maximum absolute atomic E-state index is 13.1. The molecule has 3 aromatic rings. The number of aromatic nitrogens is 1. The number of amides is 1. The molecule has 2 aliphatic rings.